The van der Waals surface area contributed by atoms with Gasteiger partial charge in [-0.3, -0.25) is 4.79 Å². The van der Waals surface area contributed by atoms with Gasteiger partial charge in [-0.1, -0.05) is 12.1 Å². The van der Waals surface area contributed by atoms with E-state index in [1.807, 2.05) is 46.4 Å². The van der Waals surface area contributed by atoms with E-state index >= 15 is 0 Å². The number of aryl methyl sites for hydroxylation is 2. The summed E-state index contributed by atoms with van der Waals surface area (Å²) >= 11 is 0. The Morgan fingerprint density at radius 3 is 1.81 bits per heavy atom. The molecule has 3 nitrogen and oxygen atoms in total. The third-order valence-electron chi connectivity index (χ3n) is 3.33. The maximum absolute atomic E-state index is 12.6. The molecule has 0 radical (unpaired) electrons. The van der Waals surface area contributed by atoms with Gasteiger partial charge in [0, 0.05) is 24.6 Å². The Labute approximate surface area is 150 Å². The minimum atomic E-state index is 0. The van der Waals surface area contributed by atoms with Crippen molar-refractivity contribution in [3.63, 3.8) is 0 Å². The lowest BCUT2D eigenvalue weighted by Gasteiger charge is -2.23. The third-order valence-corrected chi connectivity index (χ3v) is 3.33. The molecule has 0 heterocycles. The van der Waals surface area contributed by atoms with E-state index < -0.39 is 0 Å². The first-order chi connectivity index (χ1) is 8.81. The Morgan fingerprint density at radius 1 is 0.952 bits per heavy atom. The molecule has 21 heavy (non-hydrogen) atoms. The van der Waals surface area contributed by atoms with Crippen LogP contribution in [0.2, 0.25) is 0 Å². The molecule has 0 aliphatic carbocycles. The maximum Gasteiger partial charge on any atom is 0.168 e. The van der Waals surface area contributed by atoms with Crippen LogP contribution in [0.3, 0.4) is 0 Å². The normalized spacial score (nSPS) is 10.5. The van der Waals surface area contributed by atoms with Crippen molar-refractivity contribution < 1.29 is 4.79 Å². The summed E-state index contributed by atoms with van der Waals surface area (Å²) in [6.45, 7) is 5.69. The molecule has 0 spiro atoms. The fraction of sp³-hybridized carbons (Fsp3) is 0.562. The second-order valence-corrected chi connectivity index (χ2v) is 5.88. The number of benzene rings is 1. The van der Waals surface area contributed by atoms with Gasteiger partial charge in [-0.15, -0.1) is 34.0 Å². The van der Waals surface area contributed by atoms with Gasteiger partial charge in [-0.25, -0.2) is 0 Å². The first-order valence-corrected chi connectivity index (χ1v) is 6.72. The molecule has 0 atom stereocenters. The Hall–Kier alpha value is -0.230. The molecule has 0 N–H and O–H groups in total. The van der Waals surface area contributed by atoms with Crippen molar-refractivity contribution in [1.82, 2.24) is 9.80 Å². The highest BCUT2D eigenvalue weighted by Gasteiger charge is 2.21. The highest BCUT2D eigenvalue weighted by molar-refractivity contribution is 8.93. The van der Waals surface area contributed by atoms with E-state index in [2.05, 4.69) is 23.6 Å². The molecule has 0 saturated carbocycles. The van der Waals surface area contributed by atoms with Crippen LogP contribution >= 0.6 is 34.0 Å². The minimum Gasteiger partial charge on any atom is -0.309 e. The molecule has 0 fully saturated rings. The zero-order valence-corrected chi connectivity index (χ0v) is 17.3. The second kappa shape index (κ2) is 10.5. The van der Waals surface area contributed by atoms with Crippen molar-refractivity contribution in [3.8, 4) is 0 Å². The van der Waals surface area contributed by atoms with Gasteiger partial charge >= 0.3 is 0 Å². The van der Waals surface area contributed by atoms with E-state index in [9.17, 15) is 4.79 Å². The molecule has 0 amide bonds. The summed E-state index contributed by atoms with van der Waals surface area (Å²) < 4.78 is 0. The Morgan fingerprint density at radius 2 is 1.43 bits per heavy atom. The summed E-state index contributed by atoms with van der Waals surface area (Å²) in [5.74, 6) is 0.262. The number of hydrogen-bond donors (Lipinski definition) is 0. The van der Waals surface area contributed by atoms with Crippen molar-refractivity contribution >= 4 is 39.7 Å². The average Bonchev–Trinajstić information content (AvgIpc) is 2.29. The topological polar surface area (TPSA) is 23.6 Å². The first-order valence-electron chi connectivity index (χ1n) is 6.72. The van der Waals surface area contributed by atoms with Gasteiger partial charge in [0.15, 0.2) is 5.78 Å². The van der Waals surface area contributed by atoms with E-state index in [1.165, 1.54) is 11.1 Å². The quantitative estimate of drug-likeness (QED) is 0.655. The van der Waals surface area contributed by atoms with Crippen LogP contribution in [0.5, 0.6) is 0 Å². The number of halogens is 2. The molecule has 122 valence electrons. The van der Waals surface area contributed by atoms with E-state index in [4.69, 9.17) is 0 Å². The molecule has 0 unspecified atom stereocenters. The van der Waals surface area contributed by atoms with Crippen LogP contribution in [-0.2, 0) is 0 Å². The fourth-order valence-corrected chi connectivity index (χ4v) is 2.24. The minimum absolute atomic E-state index is 0. The molecule has 0 saturated heterocycles. The van der Waals surface area contributed by atoms with E-state index in [1.54, 1.807) is 0 Å². The number of Topliss-reactive ketones (excluding diaryl/α,β-unsaturated/α-hetero) is 1. The summed E-state index contributed by atoms with van der Waals surface area (Å²) in [6.07, 6.45) is 0. The number of carbonyl (C=O) groups is 1. The molecular weight excluding hydrogens is 396 g/mol. The predicted octanol–water partition coefficient (Wildman–Crippen LogP) is 3.38. The Bertz CT molecular complexity index is 438. The van der Waals surface area contributed by atoms with Crippen LogP contribution in [0.1, 0.15) is 21.5 Å². The number of nitrogens with zero attached hydrogens (tertiary/aromatic N) is 2. The van der Waals surface area contributed by atoms with Crippen molar-refractivity contribution in [2.45, 2.75) is 13.8 Å². The van der Waals surface area contributed by atoms with Crippen LogP contribution in [0.25, 0.3) is 0 Å². The molecule has 0 aliphatic heterocycles. The van der Waals surface area contributed by atoms with E-state index in [-0.39, 0.29) is 45.7 Å². The largest absolute Gasteiger partial charge is 0.309 e. The Balaban J connectivity index is 0. The molecule has 1 rings (SSSR count). The number of ketones is 1. The van der Waals surface area contributed by atoms with Crippen molar-refractivity contribution in [2.24, 2.45) is 5.92 Å². The molecule has 5 heteroatoms. The van der Waals surface area contributed by atoms with Crippen molar-refractivity contribution in [2.75, 3.05) is 41.3 Å². The van der Waals surface area contributed by atoms with Gasteiger partial charge in [0.2, 0.25) is 0 Å². The zero-order valence-electron chi connectivity index (χ0n) is 13.8. The van der Waals surface area contributed by atoms with E-state index in [0.29, 0.717) is 0 Å². The lowest BCUT2D eigenvalue weighted by Crippen LogP contribution is -2.35. The van der Waals surface area contributed by atoms with Crippen LogP contribution in [0.15, 0.2) is 18.2 Å². The molecular formula is C16H28Br2N2O. The van der Waals surface area contributed by atoms with Gasteiger partial charge in [-0.05, 0) is 59.2 Å². The highest BCUT2D eigenvalue weighted by Crippen LogP contribution is 2.15. The van der Waals surface area contributed by atoms with Gasteiger partial charge in [0.25, 0.3) is 0 Å². The first kappa shape index (κ1) is 23.0. The predicted molar refractivity (Wildman–Crippen MR) is 101 cm³/mol. The van der Waals surface area contributed by atoms with Crippen LogP contribution in [0.4, 0.5) is 0 Å². The second-order valence-electron chi connectivity index (χ2n) is 5.88. The number of carbonyl (C=O) groups excluding carboxylic acids is 1. The standard InChI is InChI=1S/C16H26N2O.2BrH/c1-12-7-8-14(9-13(12)2)16(19)15(10-17(3)4)11-18(5)6;;/h7-9,15H,10-11H2,1-6H3;2*1H. The lowest BCUT2D eigenvalue weighted by molar-refractivity contribution is 0.0870. The highest BCUT2D eigenvalue weighted by atomic mass is 79.9. The smallest absolute Gasteiger partial charge is 0.168 e. The van der Waals surface area contributed by atoms with Crippen molar-refractivity contribution in [3.05, 3.63) is 34.9 Å². The lowest BCUT2D eigenvalue weighted by atomic mass is 9.94. The molecule has 0 bridgehead atoms. The van der Waals surface area contributed by atoms with Crippen molar-refractivity contribution in [1.29, 1.82) is 0 Å². The number of hydrogen-bond acceptors (Lipinski definition) is 3. The summed E-state index contributed by atoms with van der Waals surface area (Å²) in [4.78, 5) is 16.8. The van der Waals surface area contributed by atoms with Gasteiger partial charge in [0.1, 0.15) is 0 Å². The molecule has 1 aromatic carbocycles. The average molecular weight is 424 g/mol. The van der Waals surface area contributed by atoms with Gasteiger partial charge < -0.3 is 9.80 Å². The monoisotopic (exact) mass is 422 g/mol. The molecule has 0 aromatic heterocycles. The maximum atomic E-state index is 12.6. The van der Waals surface area contributed by atoms with E-state index in [0.717, 1.165) is 18.7 Å². The van der Waals surface area contributed by atoms with Crippen LogP contribution in [-0.4, -0.2) is 56.9 Å². The molecule has 1 aromatic rings. The third kappa shape index (κ3) is 7.54. The van der Waals surface area contributed by atoms with Crippen LogP contribution in [0, 0.1) is 19.8 Å². The summed E-state index contributed by atoms with van der Waals surface area (Å²) in [5.41, 5.74) is 3.24. The summed E-state index contributed by atoms with van der Waals surface area (Å²) in [6, 6.07) is 5.99. The fourth-order valence-electron chi connectivity index (χ4n) is 2.24. The Kier molecular flexibility index (Phi) is 11.5. The summed E-state index contributed by atoms with van der Waals surface area (Å²) in [5, 5.41) is 0. The van der Waals surface area contributed by atoms with Gasteiger partial charge in [0.05, 0.1) is 0 Å². The zero-order chi connectivity index (χ0) is 14.6. The SMILES string of the molecule is Br.Br.Cc1ccc(C(=O)C(CN(C)C)CN(C)C)cc1C. The number of rotatable bonds is 6. The van der Waals surface area contributed by atoms with Crippen LogP contribution < -0.4 is 0 Å². The molecule has 0 aliphatic rings. The summed E-state index contributed by atoms with van der Waals surface area (Å²) in [7, 11) is 8.04. The van der Waals surface area contributed by atoms with Gasteiger partial charge in [-0.2, -0.15) is 0 Å².